The molecule has 0 radical (unpaired) electrons. The smallest absolute Gasteiger partial charge is 0.258 e. The maximum absolute atomic E-state index is 12.6. The lowest BCUT2D eigenvalue weighted by molar-refractivity contribution is 0.0721. The van der Waals surface area contributed by atoms with Gasteiger partial charge in [-0.25, -0.2) is 0 Å². The summed E-state index contributed by atoms with van der Waals surface area (Å²) in [6.07, 6.45) is 3.41. The van der Waals surface area contributed by atoms with E-state index in [2.05, 4.69) is 0 Å². The van der Waals surface area contributed by atoms with Crippen molar-refractivity contribution in [1.29, 1.82) is 0 Å². The Morgan fingerprint density at radius 3 is 3.00 bits per heavy atom. The van der Waals surface area contributed by atoms with Crippen molar-refractivity contribution >= 4 is 5.91 Å². The van der Waals surface area contributed by atoms with Gasteiger partial charge < -0.3 is 19.8 Å². The highest BCUT2D eigenvalue weighted by Gasteiger charge is 2.30. The van der Waals surface area contributed by atoms with Gasteiger partial charge in [0, 0.05) is 19.2 Å². The topological polar surface area (TPSA) is 70.0 Å². The summed E-state index contributed by atoms with van der Waals surface area (Å²) in [5.41, 5.74) is 0.278. The molecule has 1 aliphatic rings. The normalized spacial score (nSPS) is 18.3. The number of amides is 1. The maximum Gasteiger partial charge on any atom is 0.258 e. The minimum Gasteiger partial charge on any atom is -0.504 e. The fourth-order valence-corrected chi connectivity index (χ4v) is 2.74. The highest BCUT2D eigenvalue weighted by Crippen LogP contribution is 2.32. The second-order valence-electron chi connectivity index (χ2n) is 5.02. The fourth-order valence-electron chi connectivity index (χ4n) is 2.74. The van der Waals surface area contributed by atoms with Crippen LogP contribution in [0.15, 0.2) is 18.2 Å². The number of rotatable bonds is 5. The van der Waals surface area contributed by atoms with Crippen LogP contribution < -0.4 is 4.74 Å². The molecule has 0 saturated carbocycles. The van der Waals surface area contributed by atoms with Gasteiger partial charge in [0.25, 0.3) is 5.91 Å². The van der Waals surface area contributed by atoms with Crippen molar-refractivity contribution in [3.8, 4) is 11.5 Å². The van der Waals surface area contributed by atoms with Gasteiger partial charge in [-0.05, 0) is 37.8 Å². The summed E-state index contributed by atoms with van der Waals surface area (Å²) < 4.78 is 5.04. The van der Waals surface area contributed by atoms with E-state index in [1.54, 1.807) is 23.1 Å². The van der Waals surface area contributed by atoms with E-state index in [0.717, 1.165) is 19.3 Å². The van der Waals surface area contributed by atoms with Crippen LogP contribution in [-0.4, -0.2) is 47.3 Å². The summed E-state index contributed by atoms with van der Waals surface area (Å²) >= 11 is 0. The molecule has 1 aromatic rings. The van der Waals surface area contributed by atoms with E-state index < -0.39 is 0 Å². The van der Waals surface area contributed by atoms with Gasteiger partial charge in [0.2, 0.25) is 0 Å². The van der Waals surface area contributed by atoms with Gasteiger partial charge in [0.1, 0.15) is 0 Å². The molecule has 5 heteroatoms. The average Bonchev–Trinajstić information content (AvgIpc) is 2.93. The Balaban J connectivity index is 2.18. The molecule has 0 aliphatic carbocycles. The van der Waals surface area contributed by atoms with Crippen molar-refractivity contribution in [2.24, 2.45) is 0 Å². The zero-order valence-corrected chi connectivity index (χ0v) is 11.7. The molecule has 1 fully saturated rings. The molecule has 2 N–H and O–H groups in total. The molecule has 1 saturated heterocycles. The second-order valence-corrected chi connectivity index (χ2v) is 5.02. The standard InChI is InChI=1S/C15H21NO4/c1-20-13-8-2-7-12(14(13)18)15(19)16-9-3-5-11(16)6-4-10-17/h2,7-8,11,17-18H,3-6,9-10H2,1H3. The molecule has 1 heterocycles. The number of aliphatic hydroxyl groups excluding tert-OH is 1. The van der Waals surface area contributed by atoms with Gasteiger partial charge in [-0.15, -0.1) is 0 Å². The van der Waals surface area contributed by atoms with Gasteiger partial charge in [-0.1, -0.05) is 6.07 Å². The summed E-state index contributed by atoms with van der Waals surface area (Å²) in [7, 11) is 1.46. The first-order valence-corrected chi connectivity index (χ1v) is 6.96. The van der Waals surface area contributed by atoms with Crippen LogP contribution in [0.5, 0.6) is 11.5 Å². The molecular formula is C15H21NO4. The number of ether oxygens (including phenoxy) is 1. The third-order valence-electron chi connectivity index (χ3n) is 3.78. The third kappa shape index (κ3) is 2.88. The number of likely N-dealkylation sites (tertiary alicyclic amines) is 1. The predicted octanol–water partition coefficient (Wildman–Crippen LogP) is 1.78. The van der Waals surface area contributed by atoms with Crippen LogP contribution in [0, 0.1) is 0 Å². The van der Waals surface area contributed by atoms with Crippen LogP contribution in [0.1, 0.15) is 36.0 Å². The number of methoxy groups -OCH3 is 1. The molecule has 110 valence electrons. The molecule has 1 amide bonds. The Kier molecular flexibility index (Phi) is 4.84. The Labute approximate surface area is 118 Å². The van der Waals surface area contributed by atoms with Crippen molar-refractivity contribution < 1.29 is 19.7 Å². The van der Waals surface area contributed by atoms with E-state index in [4.69, 9.17) is 9.84 Å². The zero-order chi connectivity index (χ0) is 14.5. The van der Waals surface area contributed by atoms with E-state index >= 15 is 0 Å². The van der Waals surface area contributed by atoms with Crippen LogP contribution >= 0.6 is 0 Å². The number of nitrogens with zero attached hydrogens (tertiary/aromatic N) is 1. The van der Waals surface area contributed by atoms with Crippen molar-refractivity contribution in [2.75, 3.05) is 20.3 Å². The Morgan fingerprint density at radius 1 is 1.50 bits per heavy atom. The predicted molar refractivity (Wildman–Crippen MR) is 75.0 cm³/mol. The quantitative estimate of drug-likeness (QED) is 0.862. The molecular weight excluding hydrogens is 258 g/mol. The van der Waals surface area contributed by atoms with Crippen LogP contribution in [0.2, 0.25) is 0 Å². The lowest BCUT2D eigenvalue weighted by Crippen LogP contribution is -2.35. The second kappa shape index (κ2) is 6.61. The van der Waals surface area contributed by atoms with Gasteiger partial charge in [0.15, 0.2) is 11.5 Å². The number of hydrogen-bond acceptors (Lipinski definition) is 4. The monoisotopic (exact) mass is 279 g/mol. The summed E-state index contributed by atoms with van der Waals surface area (Å²) in [4.78, 5) is 14.4. The molecule has 1 atom stereocenters. The van der Waals surface area contributed by atoms with Gasteiger partial charge in [-0.3, -0.25) is 4.79 Å². The maximum atomic E-state index is 12.6. The Bertz CT molecular complexity index is 475. The largest absolute Gasteiger partial charge is 0.504 e. The average molecular weight is 279 g/mol. The highest BCUT2D eigenvalue weighted by molar-refractivity contribution is 5.98. The fraction of sp³-hybridized carbons (Fsp3) is 0.533. The van der Waals surface area contributed by atoms with Gasteiger partial charge >= 0.3 is 0 Å². The van der Waals surface area contributed by atoms with E-state index in [-0.39, 0.29) is 29.9 Å². The number of aliphatic hydroxyl groups is 1. The molecule has 1 unspecified atom stereocenters. The van der Waals surface area contributed by atoms with Crippen LogP contribution in [0.3, 0.4) is 0 Å². The molecule has 1 aliphatic heterocycles. The number of para-hydroxylation sites is 1. The first-order valence-electron chi connectivity index (χ1n) is 6.96. The molecule has 0 bridgehead atoms. The van der Waals surface area contributed by atoms with Gasteiger partial charge in [-0.2, -0.15) is 0 Å². The van der Waals surface area contributed by atoms with Crippen molar-refractivity contribution in [3.05, 3.63) is 23.8 Å². The number of benzene rings is 1. The lowest BCUT2D eigenvalue weighted by atomic mass is 10.1. The number of phenols is 1. The number of hydrogen-bond donors (Lipinski definition) is 2. The van der Waals surface area contributed by atoms with Crippen LogP contribution in [0.4, 0.5) is 0 Å². The number of carbonyl (C=O) groups is 1. The van der Waals surface area contributed by atoms with Crippen molar-refractivity contribution in [2.45, 2.75) is 31.7 Å². The van der Waals surface area contributed by atoms with Crippen molar-refractivity contribution in [1.82, 2.24) is 4.90 Å². The summed E-state index contributed by atoms with van der Waals surface area (Å²) in [5.74, 6) is 0.0385. The summed E-state index contributed by atoms with van der Waals surface area (Å²) in [6, 6.07) is 5.09. The summed E-state index contributed by atoms with van der Waals surface area (Å²) in [5, 5.41) is 19.0. The molecule has 1 aromatic carbocycles. The molecule has 2 rings (SSSR count). The number of aromatic hydroxyl groups is 1. The van der Waals surface area contributed by atoms with E-state index in [1.807, 2.05) is 0 Å². The molecule has 0 aromatic heterocycles. The molecule has 0 spiro atoms. The van der Waals surface area contributed by atoms with Crippen molar-refractivity contribution in [3.63, 3.8) is 0 Å². The van der Waals surface area contributed by atoms with Gasteiger partial charge in [0.05, 0.1) is 12.7 Å². The summed E-state index contributed by atoms with van der Waals surface area (Å²) in [6.45, 7) is 0.842. The lowest BCUT2D eigenvalue weighted by Gasteiger charge is -2.25. The minimum absolute atomic E-state index is 0.104. The molecule has 20 heavy (non-hydrogen) atoms. The first-order chi connectivity index (χ1) is 9.69. The highest BCUT2D eigenvalue weighted by atomic mass is 16.5. The zero-order valence-electron chi connectivity index (χ0n) is 11.7. The Morgan fingerprint density at radius 2 is 2.30 bits per heavy atom. The Hall–Kier alpha value is -1.75. The van der Waals surface area contributed by atoms with Crippen LogP contribution in [-0.2, 0) is 0 Å². The third-order valence-corrected chi connectivity index (χ3v) is 3.78. The van der Waals surface area contributed by atoms with E-state index in [0.29, 0.717) is 18.7 Å². The first kappa shape index (κ1) is 14.7. The van der Waals surface area contributed by atoms with Crippen LogP contribution in [0.25, 0.3) is 0 Å². The SMILES string of the molecule is COc1cccc(C(=O)N2CCCC2CCCO)c1O. The minimum atomic E-state index is -0.165. The number of carbonyl (C=O) groups excluding carboxylic acids is 1. The number of phenolic OH excluding ortho intramolecular Hbond substituents is 1. The van der Waals surface area contributed by atoms with E-state index in [1.165, 1.54) is 7.11 Å². The van der Waals surface area contributed by atoms with E-state index in [9.17, 15) is 9.90 Å². The molecule has 5 nitrogen and oxygen atoms in total.